The Morgan fingerprint density at radius 2 is 1.54 bits per heavy atom. The van der Waals surface area contributed by atoms with Crippen molar-refractivity contribution >= 4 is 15.9 Å². The molecule has 0 N–H and O–H groups in total. The fourth-order valence-electron chi connectivity index (χ4n) is 2.11. The molecule has 0 atom stereocenters. The Balaban J connectivity index is 2.63. The van der Waals surface area contributed by atoms with Crippen LogP contribution in [0.2, 0.25) is 0 Å². The number of carbonyl (C=O) groups excluding carboxylic acids is 1. The Labute approximate surface area is 146 Å². The number of halogens is 4. The number of hydrogen-bond donors (Lipinski definition) is 0. The maximum atomic E-state index is 14.0. The number of benzene rings is 2. The predicted octanol–water partition coefficient (Wildman–Crippen LogP) is 3.61. The van der Waals surface area contributed by atoms with Gasteiger partial charge >= 0.3 is 10.1 Å². The lowest BCUT2D eigenvalue weighted by atomic mass is 10.1. The van der Waals surface area contributed by atoms with Crippen molar-refractivity contribution in [2.75, 3.05) is 7.11 Å². The largest absolute Gasteiger partial charge is 0.491 e. The second kappa shape index (κ2) is 7.32. The molecule has 140 valence electrons. The van der Waals surface area contributed by atoms with Gasteiger partial charge in [-0.1, -0.05) is 19.1 Å². The van der Waals surface area contributed by atoms with E-state index in [9.17, 15) is 30.8 Å². The van der Waals surface area contributed by atoms with Gasteiger partial charge in [-0.25, -0.2) is 8.78 Å². The minimum absolute atomic E-state index is 0.00502. The van der Waals surface area contributed by atoms with E-state index < -0.39 is 55.6 Å². The van der Waals surface area contributed by atoms with E-state index in [2.05, 4.69) is 8.92 Å². The first-order chi connectivity index (χ1) is 12.2. The number of ether oxygens (including phenoxy) is 1. The predicted molar refractivity (Wildman–Crippen MR) is 81.7 cm³/mol. The molecule has 0 radical (unpaired) electrons. The fraction of sp³-hybridized carbons (Fsp3) is 0.188. The first kappa shape index (κ1) is 19.7. The standard InChI is InChI=1S/C16H12F4O5S/c1-3-9(21)8-6-4-5-7-10(8)25-26(22,23)16-13(19)11(17)15(24-2)12(18)14(16)20/h4-7H,3H2,1-2H3. The Hall–Kier alpha value is -2.62. The molecule has 0 amide bonds. The summed E-state index contributed by atoms with van der Waals surface area (Å²) in [6.07, 6.45) is -0.00502. The van der Waals surface area contributed by atoms with Crippen LogP contribution in [0.5, 0.6) is 11.5 Å². The molecule has 26 heavy (non-hydrogen) atoms. The number of rotatable bonds is 6. The summed E-state index contributed by atoms with van der Waals surface area (Å²) in [4.78, 5) is 9.86. The highest BCUT2D eigenvalue weighted by Crippen LogP contribution is 2.34. The average Bonchev–Trinajstić information content (AvgIpc) is 2.60. The molecule has 0 aromatic heterocycles. The molecule has 0 bridgehead atoms. The SMILES string of the molecule is CCC(=O)c1ccccc1OS(=O)(=O)c1c(F)c(F)c(OC)c(F)c1F. The van der Waals surface area contributed by atoms with Gasteiger partial charge in [0.2, 0.25) is 11.6 Å². The minimum Gasteiger partial charge on any atom is -0.491 e. The molecule has 10 heteroatoms. The van der Waals surface area contributed by atoms with Crippen LogP contribution in [0.4, 0.5) is 17.6 Å². The molecule has 2 aromatic carbocycles. The Kier molecular flexibility index (Phi) is 5.55. The lowest BCUT2D eigenvalue weighted by molar-refractivity contribution is 0.0986. The number of methoxy groups -OCH3 is 1. The third-order valence-electron chi connectivity index (χ3n) is 3.35. The second-order valence-electron chi connectivity index (χ2n) is 4.93. The summed E-state index contributed by atoms with van der Waals surface area (Å²) in [7, 11) is -4.60. The van der Waals surface area contributed by atoms with E-state index in [-0.39, 0.29) is 12.0 Å². The van der Waals surface area contributed by atoms with Crippen LogP contribution in [0.25, 0.3) is 0 Å². The Morgan fingerprint density at radius 3 is 2.04 bits per heavy atom. The maximum absolute atomic E-state index is 14.0. The monoisotopic (exact) mass is 392 g/mol. The van der Waals surface area contributed by atoms with Crippen LogP contribution >= 0.6 is 0 Å². The molecule has 0 saturated heterocycles. The molecule has 2 rings (SSSR count). The van der Waals surface area contributed by atoms with Crippen LogP contribution in [0.3, 0.4) is 0 Å². The van der Waals surface area contributed by atoms with Gasteiger partial charge in [-0.15, -0.1) is 0 Å². The van der Waals surface area contributed by atoms with Crippen molar-refractivity contribution < 1.29 is 39.7 Å². The molecule has 0 heterocycles. The van der Waals surface area contributed by atoms with E-state index in [0.29, 0.717) is 0 Å². The molecular weight excluding hydrogens is 380 g/mol. The van der Waals surface area contributed by atoms with E-state index in [1.54, 1.807) is 0 Å². The van der Waals surface area contributed by atoms with Crippen LogP contribution in [-0.4, -0.2) is 21.3 Å². The van der Waals surface area contributed by atoms with Gasteiger partial charge in [0.1, 0.15) is 0 Å². The van der Waals surface area contributed by atoms with Crippen molar-refractivity contribution in [3.63, 3.8) is 0 Å². The third kappa shape index (κ3) is 3.36. The summed E-state index contributed by atoms with van der Waals surface area (Å²) in [6.45, 7) is 1.50. The van der Waals surface area contributed by atoms with Crippen LogP contribution in [0.15, 0.2) is 29.2 Å². The van der Waals surface area contributed by atoms with Gasteiger partial charge in [0, 0.05) is 6.42 Å². The lowest BCUT2D eigenvalue weighted by Crippen LogP contribution is -2.18. The normalized spacial score (nSPS) is 11.3. The summed E-state index contributed by atoms with van der Waals surface area (Å²) in [5.41, 5.74) is -0.172. The summed E-state index contributed by atoms with van der Waals surface area (Å²) >= 11 is 0. The summed E-state index contributed by atoms with van der Waals surface area (Å²) in [5.74, 6) is -10.9. The van der Waals surface area contributed by atoms with E-state index >= 15 is 0 Å². The minimum atomic E-state index is -5.35. The Morgan fingerprint density at radius 1 is 1.00 bits per heavy atom. The van der Waals surface area contributed by atoms with Gasteiger partial charge < -0.3 is 8.92 Å². The van der Waals surface area contributed by atoms with Crippen LogP contribution in [-0.2, 0) is 10.1 Å². The zero-order valence-electron chi connectivity index (χ0n) is 13.5. The van der Waals surface area contributed by atoms with Crippen LogP contribution in [0, 0.1) is 23.3 Å². The van der Waals surface area contributed by atoms with Crippen molar-refractivity contribution in [3.8, 4) is 11.5 Å². The number of hydrogen-bond acceptors (Lipinski definition) is 5. The van der Waals surface area contributed by atoms with Crippen LogP contribution in [0.1, 0.15) is 23.7 Å². The molecular formula is C16H12F4O5S. The van der Waals surface area contributed by atoms with Gasteiger partial charge in [0.25, 0.3) is 0 Å². The molecule has 0 unspecified atom stereocenters. The Bertz CT molecular complexity index is 944. The van der Waals surface area contributed by atoms with Crippen molar-refractivity contribution in [3.05, 3.63) is 53.1 Å². The van der Waals surface area contributed by atoms with Gasteiger partial charge in [0.15, 0.2) is 33.8 Å². The van der Waals surface area contributed by atoms with E-state index in [1.165, 1.54) is 25.1 Å². The topological polar surface area (TPSA) is 69.7 Å². The molecule has 5 nitrogen and oxygen atoms in total. The van der Waals surface area contributed by atoms with Gasteiger partial charge in [0.05, 0.1) is 12.7 Å². The van der Waals surface area contributed by atoms with Crippen LogP contribution < -0.4 is 8.92 Å². The number of Topliss-reactive ketones (excluding diaryl/α,β-unsaturated/α-hetero) is 1. The number of carbonyl (C=O) groups is 1. The van der Waals surface area contributed by atoms with Crippen molar-refractivity contribution in [2.24, 2.45) is 0 Å². The van der Waals surface area contributed by atoms with Gasteiger partial charge in [-0.3, -0.25) is 4.79 Å². The third-order valence-corrected chi connectivity index (χ3v) is 4.60. The van der Waals surface area contributed by atoms with Crippen molar-refractivity contribution in [2.45, 2.75) is 18.2 Å². The number of para-hydroxylation sites is 1. The second-order valence-corrected chi connectivity index (χ2v) is 6.41. The molecule has 0 saturated carbocycles. The highest BCUT2D eigenvalue weighted by Gasteiger charge is 2.35. The molecule has 0 aliphatic rings. The molecule has 2 aromatic rings. The quantitative estimate of drug-likeness (QED) is 0.325. The van der Waals surface area contributed by atoms with E-state index in [1.807, 2.05) is 0 Å². The average molecular weight is 392 g/mol. The molecule has 0 spiro atoms. The highest BCUT2D eigenvalue weighted by molar-refractivity contribution is 7.87. The zero-order valence-corrected chi connectivity index (χ0v) is 14.3. The first-order valence-electron chi connectivity index (χ1n) is 7.12. The maximum Gasteiger partial charge on any atom is 0.345 e. The summed E-state index contributed by atoms with van der Waals surface area (Å²) < 4.78 is 88.8. The van der Waals surface area contributed by atoms with Gasteiger partial charge in [-0.2, -0.15) is 17.2 Å². The zero-order chi connectivity index (χ0) is 19.6. The summed E-state index contributed by atoms with van der Waals surface area (Å²) in [5, 5.41) is 0. The first-order valence-corrected chi connectivity index (χ1v) is 8.53. The van der Waals surface area contributed by atoms with Crippen molar-refractivity contribution in [1.29, 1.82) is 0 Å². The van der Waals surface area contributed by atoms with E-state index in [4.69, 9.17) is 0 Å². The molecule has 0 fully saturated rings. The molecule has 0 aliphatic carbocycles. The lowest BCUT2D eigenvalue weighted by Gasteiger charge is -2.13. The number of ketones is 1. The summed E-state index contributed by atoms with van der Waals surface area (Å²) in [6, 6.07) is 5.01. The van der Waals surface area contributed by atoms with Gasteiger partial charge in [-0.05, 0) is 12.1 Å². The van der Waals surface area contributed by atoms with Crippen molar-refractivity contribution in [1.82, 2.24) is 0 Å². The highest BCUT2D eigenvalue weighted by atomic mass is 32.2. The fourth-order valence-corrected chi connectivity index (χ4v) is 3.19. The smallest absolute Gasteiger partial charge is 0.345 e. The molecule has 0 aliphatic heterocycles. The van der Waals surface area contributed by atoms with E-state index in [0.717, 1.165) is 13.2 Å².